The minimum atomic E-state index is -5.12. The van der Waals surface area contributed by atoms with Gasteiger partial charge >= 0.3 is 10.4 Å². The van der Waals surface area contributed by atoms with Crippen LogP contribution in [-0.4, -0.2) is 107 Å². The highest BCUT2D eigenvalue weighted by Crippen LogP contribution is 2.26. The Labute approximate surface area is 363 Å². The number of allylic oxidation sites excluding steroid dienone is 5. The molecule has 60 heavy (non-hydrogen) atoms. The summed E-state index contributed by atoms with van der Waals surface area (Å²) >= 11 is 0. The summed E-state index contributed by atoms with van der Waals surface area (Å²) in [5.74, 6) is -0.716. The maximum atomic E-state index is 13.1. The van der Waals surface area contributed by atoms with Gasteiger partial charge in [0.25, 0.3) is 0 Å². The van der Waals surface area contributed by atoms with Crippen LogP contribution in [0.3, 0.4) is 0 Å². The first-order valence-corrected chi connectivity index (χ1v) is 24.8. The molecule has 0 aromatic rings. The third kappa shape index (κ3) is 28.8. The molecule has 0 aliphatic carbocycles. The minimum Gasteiger partial charge on any atom is -0.394 e. The van der Waals surface area contributed by atoms with E-state index in [4.69, 9.17) is 9.47 Å². The number of hydrogen-bond acceptors (Lipinski definition) is 11. The van der Waals surface area contributed by atoms with Crippen LogP contribution in [-0.2, 0) is 28.9 Å². The second-order valence-electron chi connectivity index (χ2n) is 16.5. The predicted molar refractivity (Wildman–Crippen MR) is 238 cm³/mol. The Kier molecular flexibility index (Phi) is 34.5. The first-order valence-electron chi connectivity index (χ1n) is 23.5. The Morgan fingerprint density at radius 3 is 1.60 bits per heavy atom. The van der Waals surface area contributed by atoms with E-state index in [0.717, 1.165) is 44.9 Å². The van der Waals surface area contributed by atoms with Crippen LogP contribution in [0, 0.1) is 0 Å². The molecule has 1 aliphatic heterocycles. The molecule has 1 fully saturated rings. The topological polar surface area (TPSA) is 212 Å². The third-order valence-electron chi connectivity index (χ3n) is 11.0. The van der Waals surface area contributed by atoms with Crippen LogP contribution < -0.4 is 5.32 Å². The van der Waals surface area contributed by atoms with Crippen molar-refractivity contribution in [2.75, 3.05) is 13.2 Å². The van der Waals surface area contributed by atoms with Crippen LogP contribution in [0.25, 0.3) is 0 Å². The zero-order chi connectivity index (χ0) is 44.3. The van der Waals surface area contributed by atoms with Crippen LogP contribution >= 0.6 is 0 Å². The lowest BCUT2D eigenvalue weighted by Crippen LogP contribution is -2.61. The molecule has 0 radical (unpaired) electrons. The number of hydrogen-bond donors (Lipinski definition) is 7. The molecule has 352 valence electrons. The second-order valence-corrected chi connectivity index (χ2v) is 17.5. The fourth-order valence-electron chi connectivity index (χ4n) is 7.26. The van der Waals surface area contributed by atoms with Gasteiger partial charge in [-0.05, 0) is 44.9 Å². The number of nitrogens with one attached hydrogen (secondary N) is 1. The van der Waals surface area contributed by atoms with Gasteiger partial charge in [-0.15, -0.1) is 0 Å². The van der Waals surface area contributed by atoms with Gasteiger partial charge < -0.3 is 40.3 Å². The summed E-state index contributed by atoms with van der Waals surface area (Å²) < 4.78 is 47.5. The van der Waals surface area contributed by atoms with Gasteiger partial charge in [0.15, 0.2) is 6.29 Å². The molecule has 1 rings (SSSR count). The van der Waals surface area contributed by atoms with Crippen LogP contribution in [0.2, 0.25) is 0 Å². The molecular weight excluding hydrogens is 791 g/mol. The van der Waals surface area contributed by atoms with Crippen molar-refractivity contribution in [3.05, 3.63) is 36.5 Å². The Morgan fingerprint density at radius 1 is 0.667 bits per heavy atom. The molecule has 0 saturated carbocycles. The number of rotatable bonds is 39. The smallest absolute Gasteiger partial charge is 0.394 e. The van der Waals surface area contributed by atoms with Crippen LogP contribution in [0.1, 0.15) is 187 Å². The monoisotopic (exact) mass is 876 g/mol. The fraction of sp³-hybridized carbons (Fsp3) is 0.848. The molecule has 0 aromatic heterocycles. The Bertz CT molecular complexity index is 1230. The van der Waals surface area contributed by atoms with E-state index < -0.39 is 78.5 Å². The lowest BCUT2D eigenvalue weighted by Gasteiger charge is -2.41. The largest absolute Gasteiger partial charge is 0.397 e. The van der Waals surface area contributed by atoms with Crippen molar-refractivity contribution < 1.29 is 57.0 Å². The van der Waals surface area contributed by atoms with E-state index in [-0.39, 0.29) is 6.42 Å². The minimum absolute atomic E-state index is 0.236. The number of unbranched alkanes of at least 4 members (excludes halogenated alkanes) is 22. The number of ether oxygens (including phenoxy) is 2. The summed E-state index contributed by atoms with van der Waals surface area (Å²) in [7, 11) is -5.12. The molecule has 0 spiro atoms. The van der Waals surface area contributed by atoms with E-state index in [9.17, 15) is 43.3 Å². The normalized spacial score (nSPS) is 21.6. The number of aliphatic hydroxyl groups excluding tert-OH is 5. The number of amides is 1. The van der Waals surface area contributed by atoms with Crippen molar-refractivity contribution in [1.29, 1.82) is 0 Å². The molecule has 1 saturated heterocycles. The summed E-state index contributed by atoms with van der Waals surface area (Å²) in [6, 6.07) is -1.14. The molecule has 8 unspecified atom stereocenters. The van der Waals surface area contributed by atoms with E-state index in [1.54, 1.807) is 6.08 Å². The van der Waals surface area contributed by atoms with Gasteiger partial charge in [0.2, 0.25) is 5.91 Å². The first-order chi connectivity index (χ1) is 28.9. The molecule has 8 atom stereocenters. The summed E-state index contributed by atoms with van der Waals surface area (Å²) in [5.41, 5.74) is 0. The number of carbonyl (C=O) groups excluding carboxylic acids is 1. The molecule has 1 amide bonds. The zero-order valence-corrected chi connectivity index (χ0v) is 37.9. The maximum Gasteiger partial charge on any atom is 0.397 e. The van der Waals surface area contributed by atoms with Crippen molar-refractivity contribution in [2.24, 2.45) is 0 Å². The number of carbonyl (C=O) groups is 1. The molecule has 0 bridgehead atoms. The third-order valence-corrected chi connectivity index (χ3v) is 11.5. The summed E-state index contributed by atoms with van der Waals surface area (Å²) in [5, 5.41) is 55.1. The van der Waals surface area contributed by atoms with E-state index in [2.05, 4.69) is 47.7 Å². The fourth-order valence-corrected chi connectivity index (χ4v) is 7.77. The molecule has 1 heterocycles. The zero-order valence-electron chi connectivity index (χ0n) is 37.1. The van der Waals surface area contributed by atoms with Gasteiger partial charge in [-0.1, -0.05) is 179 Å². The lowest BCUT2D eigenvalue weighted by molar-refractivity contribution is -0.298. The Morgan fingerprint density at radius 2 is 1.12 bits per heavy atom. The summed E-state index contributed by atoms with van der Waals surface area (Å²) in [4.78, 5) is 13.1. The highest BCUT2D eigenvalue weighted by molar-refractivity contribution is 7.80. The van der Waals surface area contributed by atoms with Crippen molar-refractivity contribution in [2.45, 2.75) is 236 Å². The maximum absolute atomic E-state index is 13.1. The number of aliphatic hydroxyl groups is 5. The highest BCUT2D eigenvalue weighted by Gasteiger charge is 2.48. The first kappa shape index (κ1) is 56.3. The Balaban J connectivity index is 2.60. The van der Waals surface area contributed by atoms with Gasteiger partial charge in [-0.2, -0.15) is 8.42 Å². The molecule has 0 aromatic carbocycles. The van der Waals surface area contributed by atoms with Crippen LogP contribution in [0.4, 0.5) is 0 Å². The van der Waals surface area contributed by atoms with Gasteiger partial charge in [0.1, 0.15) is 30.5 Å². The second kappa shape index (κ2) is 36.7. The van der Waals surface area contributed by atoms with Crippen molar-refractivity contribution in [3.63, 3.8) is 0 Å². The average Bonchev–Trinajstić information content (AvgIpc) is 3.22. The summed E-state index contributed by atoms with van der Waals surface area (Å²) in [6.45, 7) is 3.17. The van der Waals surface area contributed by atoms with Crippen molar-refractivity contribution in [3.8, 4) is 0 Å². The lowest BCUT2D eigenvalue weighted by atomic mass is 9.99. The van der Waals surface area contributed by atoms with E-state index in [1.165, 1.54) is 115 Å². The van der Waals surface area contributed by atoms with Gasteiger partial charge in [-0.25, -0.2) is 4.18 Å². The van der Waals surface area contributed by atoms with Crippen molar-refractivity contribution >= 4 is 16.3 Å². The summed E-state index contributed by atoms with van der Waals surface area (Å²) in [6.07, 6.45) is 30.8. The van der Waals surface area contributed by atoms with Gasteiger partial charge in [-0.3, -0.25) is 9.35 Å². The molecule has 1 aliphatic rings. The standard InChI is InChI=1S/C46H85NO12S/c1-3-5-7-9-11-13-15-17-19-20-21-23-25-27-29-31-33-35-40(50)45(53)47-38(37-57-46-43(52)44(59-60(54,55)56)42(51)41(36-48)58-46)39(49)34-32-30-28-26-24-22-18-16-14-12-10-8-6-4-2/h14,16,24,26,32,34,38-44,46,48-52H,3-13,15,17-23,25,27-31,33,35-37H2,1-2H3,(H,47,53)(H,54,55,56)/b16-14+,26-24+,34-32+. The van der Waals surface area contributed by atoms with Crippen molar-refractivity contribution in [1.82, 2.24) is 5.32 Å². The quantitative estimate of drug-likeness (QED) is 0.0178. The Hall–Kier alpha value is -1.72. The average molecular weight is 876 g/mol. The molecular formula is C46H85NO12S. The highest BCUT2D eigenvalue weighted by atomic mass is 32.3. The SMILES string of the molecule is CCCCCC/C=C/CC/C=C/CC/C=C/C(O)C(COC1OC(CO)C(O)C(OS(=O)(=O)O)C1O)NC(=O)C(O)CCCCCCCCCCCCCCCCCCC. The molecule has 13 nitrogen and oxygen atoms in total. The van der Waals surface area contributed by atoms with E-state index >= 15 is 0 Å². The van der Waals surface area contributed by atoms with Crippen LogP contribution in [0.5, 0.6) is 0 Å². The van der Waals surface area contributed by atoms with E-state index in [0.29, 0.717) is 12.8 Å². The molecule has 14 heteroatoms. The van der Waals surface area contributed by atoms with Crippen LogP contribution in [0.15, 0.2) is 36.5 Å². The van der Waals surface area contributed by atoms with Gasteiger partial charge in [0, 0.05) is 0 Å². The van der Waals surface area contributed by atoms with Gasteiger partial charge in [0.05, 0.1) is 25.4 Å². The van der Waals surface area contributed by atoms with E-state index in [1.807, 2.05) is 0 Å². The molecule has 7 N–H and O–H groups in total. The predicted octanol–water partition coefficient (Wildman–Crippen LogP) is 8.08.